The maximum atomic E-state index is 11.9. The molecule has 0 fully saturated rings. The summed E-state index contributed by atoms with van der Waals surface area (Å²) in [4.78, 5) is 23.7. The van der Waals surface area contributed by atoms with Crippen molar-refractivity contribution < 1.29 is 14.3 Å². The van der Waals surface area contributed by atoms with Gasteiger partial charge in [0.2, 0.25) is 0 Å². The Labute approximate surface area is 232 Å². The fourth-order valence-electron chi connectivity index (χ4n) is 4.86. The van der Waals surface area contributed by atoms with Crippen molar-refractivity contribution in [3.63, 3.8) is 0 Å². The number of carbonyl (C=O) groups excluding carboxylic acids is 2. The monoisotopic (exact) mass is 520 g/mol. The van der Waals surface area contributed by atoms with E-state index in [1.165, 1.54) is 135 Å². The van der Waals surface area contributed by atoms with Gasteiger partial charge in [0.05, 0.1) is 0 Å². The van der Waals surface area contributed by atoms with E-state index in [2.05, 4.69) is 26.0 Å². The molecular formula is C34H64O3. The number of rotatable bonds is 29. The van der Waals surface area contributed by atoms with Gasteiger partial charge in [0, 0.05) is 12.8 Å². The van der Waals surface area contributed by atoms with Crippen LogP contribution in [0.15, 0.2) is 12.2 Å². The van der Waals surface area contributed by atoms with Crippen molar-refractivity contribution in [3.8, 4) is 0 Å². The predicted octanol–water partition coefficient (Wildman–Crippen LogP) is 11.6. The van der Waals surface area contributed by atoms with Gasteiger partial charge in [-0.2, -0.15) is 0 Å². The molecule has 0 N–H and O–H groups in total. The molecule has 3 nitrogen and oxygen atoms in total. The highest BCUT2D eigenvalue weighted by Crippen LogP contribution is 2.14. The van der Waals surface area contributed by atoms with Crippen LogP contribution in [0.2, 0.25) is 0 Å². The Morgan fingerprint density at radius 2 is 0.676 bits per heavy atom. The van der Waals surface area contributed by atoms with Crippen LogP contribution in [0.25, 0.3) is 0 Å². The standard InChI is InChI=1S/C34H64O3/c1-3-5-7-9-11-13-15-17-18-20-22-24-26-28-30-32-34(36)37-33(35)31-29-27-25-23-21-19-16-14-12-10-8-6-4-2/h17-18H,3-16,19-32H2,1-2H3. The summed E-state index contributed by atoms with van der Waals surface area (Å²) in [5.41, 5.74) is 0. The lowest BCUT2D eigenvalue weighted by atomic mass is 10.0. The van der Waals surface area contributed by atoms with E-state index in [0.717, 1.165) is 32.1 Å². The minimum atomic E-state index is -0.336. The minimum absolute atomic E-state index is 0.333. The zero-order valence-corrected chi connectivity index (χ0v) is 25.2. The molecule has 0 aromatic carbocycles. The topological polar surface area (TPSA) is 43.4 Å². The van der Waals surface area contributed by atoms with Crippen LogP contribution in [0.1, 0.15) is 194 Å². The Morgan fingerprint density at radius 1 is 0.405 bits per heavy atom. The van der Waals surface area contributed by atoms with E-state index in [4.69, 9.17) is 4.74 Å². The first-order valence-corrected chi connectivity index (χ1v) is 16.6. The highest BCUT2D eigenvalue weighted by atomic mass is 16.6. The molecule has 0 spiro atoms. The molecule has 0 unspecified atom stereocenters. The lowest BCUT2D eigenvalue weighted by Crippen LogP contribution is -2.11. The van der Waals surface area contributed by atoms with Crippen molar-refractivity contribution in [2.75, 3.05) is 0 Å². The molecule has 0 radical (unpaired) electrons. The zero-order chi connectivity index (χ0) is 27.1. The molecule has 0 saturated carbocycles. The average Bonchev–Trinajstić information content (AvgIpc) is 2.89. The molecule has 0 aromatic heterocycles. The first kappa shape index (κ1) is 35.9. The van der Waals surface area contributed by atoms with Crippen LogP contribution in [-0.2, 0) is 14.3 Å². The molecule has 0 aromatic rings. The maximum absolute atomic E-state index is 11.9. The highest BCUT2D eigenvalue weighted by molar-refractivity contribution is 5.85. The Kier molecular flexibility index (Phi) is 30.2. The van der Waals surface area contributed by atoms with Gasteiger partial charge in [-0.1, -0.05) is 154 Å². The van der Waals surface area contributed by atoms with Gasteiger partial charge in [0.15, 0.2) is 0 Å². The van der Waals surface area contributed by atoms with Gasteiger partial charge in [0.25, 0.3) is 0 Å². The lowest BCUT2D eigenvalue weighted by Gasteiger charge is -2.04. The number of carbonyl (C=O) groups is 2. The summed E-state index contributed by atoms with van der Waals surface area (Å²) in [5.74, 6) is -0.668. The van der Waals surface area contributed by atoms with E-state index in [1.54, 1.807) is 0 Å². The van der Waals surface area contributed by atoms with E-state index in [9.17, 15) is 9.59 Å². The van der Waals surface area contributed by atoms with Crippen molar-refractivity contribution >= 4 is 11.9 Å². The van der Waals surface area contributed by atoms with Gasteiger partial charge < -0.3 is 4.74 Å². The van der Waals surface area contributed by atoms with E-state index in [0.29, 0.717) is 12.8 Å². The van der Waals surface area contributed by atoms with Gasteiger partial charge in [-0.05, 0) is 38.5 Å². The summed E-state index contributed by atoms with van der Waals surface area (Å²) >= 11 is 0. The number of hydrogen-bond acceptors (Lipinski definition) is 3. The lowest BCUT2D eigenvalue weighted by molar-refractivity contribution is -0.159. The van der Waals surface area contributed by atoms with E-state index in [-0.39, 0.29) is 11.9 Å². The summed E-state index contributed by atoms with van der Waals surface area (Å²) in [6, 6.07) is 0. The molecule has 0 rings (SSSR count). The summed E-state index contributed by atoms with van der Waals surface area (Å²) in [7, 11) is 0. The van der Waals surface area contributed by atoms with Crippen molar-refractivity contribution in [2.24, 2.45) is 0 Å². The molecule has 0 bridgehead atoms. The second kappa shape index (κ2) is 31.1. The van der Waals surface area contributed by atoms with Gasteiger partial charge in [-0.25, -0.2) is 0 Å². The molecule has 0 aliphatic heterocycles. The Morgan fingerprint density at radius 3 is 1.00 bits per heavy atom. The predicted molar refractivity (Wildman–Crippen MR) is 161 cm³/mol. The van der Waals surface area contributed by atoms with Gasteiger partial charge in [-0.3, -0.25) is 9.59 Å². The Hall–Kier alpha value is -1.12. The molecule has 0 amide bonds. The highest BCUT2D eigenvalue weighted by Gasteiger charge is 2.09. The van der Waals surface area contributed by atoms with Crippen LogP contribution in [0.5, 0.6) is 0 Å². The summed E-state index contributed by atoms with van der Waals surface area (Å²) in [6.45, 7) is 4.53. The van der Waals surface area contributed by atoms with E-state index in [1.807, 2.05) is 0 Å². The van der Waals surface area contributed by atoms with Crippen LogP contribution >= 0.6 is 0 Å². The molecule has 0 atom stereocenters. The smallest absolute Gasteiger partial charge is 0.313 e. The van der Waals surface area contributed by atoms with Crippen LogP contribution in [0, 0.1) is 0 Å². The molecule has 0 aliphatic carbocycles. The molecule has 37 heavy (non-hydrogen) atoms. The van der Waals surface area contributed by atoms with Crippen LogP contribution in [-0.4, -0.2) is 11.9 Å². The molecular weight excluding hydrogens is 456 g/mol. The van der Waals surface area contributed by atoms with Crippen molar-refractivity contribution in [3.05, 3.63) is 12.2 Å². The number of esters is 2. The van der Waals surface area contributed by atoms with Gasteiger partial charge in [0.1, 0.15) is 0 Å². The average molecular weight is 521 g/mol. The summed E-state index contributed by atoms with van der Waals surface area (Å²) < 4.78 is 4.99. The molecule has 0 heterocycles. The molecule has 0 aliphatic rings. The third kappa shape index (κ3) is 31.0. The second-order valence-corrected chi connectivity index (χ2v) is 11.2. The quantitative estimate of drug-likeness (QED) is 0.0426. The molecule has 0 saturated heterocycles. The SMILES string of the molecule is CCCCCCCCC=CCCCCCCCC(=O)OC(=O)CCCCCCCCCCCCCCC. The van der Waals surface area contributed by atoms with E-state index >= 15 is 0 Å². The third-order valence-electron chi connectivity index (χ3n) is 7.35. The first-order chi connectivity index (χ1) is 18.2. The fraction of sp³-hybridized carbons (Fsp3) is 0.882. The van der Waals surface area contributed by atoms with Crippen LogP contribution in [0.3, 0.4) is 0 Å². The summed E-state index contributed by atoms with van der Waals surface area (Å²) in [6.07, 6.45) is 38.2. The largest absolute Gasteiger partial charge is 0.393 e. The minimum Gasteiger partial charge on any atom is -0.393 e. The summed E-state index contributed by atoms with van der Waals surface area (Å²) in [5, 5.41) is 0. The number of hydrogen-bond donors (Lipinski definition) is 0. The van der Waals surface area contributed by atoms with Gasteiger partial charge >= 0.3 is 11.9 Å². The Balaban J connectivity index is 3.33. The van der Waals surface area contributed by atoms with Crippen molar-refractivity contribution in [1.82, 2.24) is 0 Å². The van der Waals surface area contributed by atoms with E-state index < -0.39 is 0 Å². The second-order valence-electron chi connectivity index (χ2n) is 11.2. The normalized spacial score (nSPS) is 11.4. The van der Waals surface area contributed by atoms with Crippen molar-refractivity contribution in [2.45, 2.75) is 194 Å². The third-order valence-corrected chi connectivity index (χ3v) is 7.35. The fourth-order valence-corrected chi connectivity index (χ4v) is 4.86. The number of ether oxygens (including phenoxy) is 1. The Bertz CT molecular complexity index is 511. The zero-order valence-electron chi connectivity index (χ0n) is 25.2. The van der Waals surface area contributed by atoms with Crippen LogP contribution < -0.4 is 0 Å². The number of allylic oxidation sites excluding steroid dienone is 2. The number of unbranched alkanes of at least 4 members (excludes halogenated alkanes) is 23. The maximum Gasteiger partial charge on any atom is 0.313 e. The molecule has 3 heteroatoms. The van der Waals surface area contributed by atoms with Crippen LogP contribution in [0.4, 0.5) is 0 Å². The van der Waals surface area contributed by atoms with Crippen molar-refractivity contribution in [1.29, 1.82) is 0 Å². The van der Waals surface area contributed by atoms with Gasteiger partial charge in [-0.15, -0.1) is 0 Å². The first-order valence-electron chi connectivity index (χ1n) is 16.6. The molecule has 218 valence electrons.